The van der Waals surface area contributed by atoms with Crippen molar-refractivity contribution in [1.29, 1.82) is 0 Å². The fraction of sp³-hybridized carbons (Fsp3) is 0.174. The quantitative estimate of drug-likeness (QED) is 0.458. The molecule has 0 heterocycles. The summed E-state index contributed by atoms with van der Waals surface area (Å²) in [4.78, 5) is 23.9. The van der Waals surface area contributed by atoms with Crippen molar-refractivity contribution in [2.75, 3.05) is 7.11 Å². The number of carbonyl (C=O) groups excluding carboxylic acids is 2. The Kier molecular flexibility index (Phi) is 6.95. The minimum Gasteiger partial charge on any atom is -0.496 e. The van der Waals surface area contributed by atoms with Crippen molar-refractivity contribution in [3.63, 3.8) is 0 Å². The van der Waals surface area contributed by atoms with Gasteiger partial charge in [-0.25, -0.2) is 5.43 Å². The monoisotopic (exact) mass is 389 g/mol. The second-order valence-electron chi connectivity index (χ2n) is 6.46. The first-order chi connectivity index (χ1) is 14.2. The summed E-state index contributed by atoms with van der Waals surface area (Å²) in [5.41, 5.74) is 4.27. The maximum atomic E-state index is 12.0. The average molecular weight is 389 g/mol. The van der Waals surface area contributed by atoms with Gasteiger partial charge >= 0.3 is 0 Å². The topological polar surface area (TPSA) is 79.8 Å². The summed E-state index contributed by atoms with van der Waals surface area (Å²) in [6.45, 7) is 0.445. The Balaban J connectivity index is 1.51. The van der Waals surface area contributed by atoms with Gasteiger partial charge in [-0.2, -0.15) is 5.10 Å². The highest BCUT2D eigenvalue weighted by atomic mass is 16.5. The standard InChI is InChI=1S/C23H23N3O3/c1-29-21-12-11-18-9-5-6-10-19(18)20(21)16-25-26-23(28)14-13-22(27)24-15-17-7-3-2-4-8-17/h2-12,16H,13-15H2,1H3,(H,24,27)(H,26,28). The second kappa shape index (κ2) is 10.0. The van der Waals surface area contributed by atoms with E-state index in [2.05, 4.69) is 15.8 Å². The number of benzene rings is 3. The SMILES string of the molecule is COc1ccc2ccccc2c1C=NNC(=O)CCC(=O)NCc1ccccc1. The van der Waals surface area contributed by atoms with Crippen molar-refractivity contribution in [1.82, 2.24) is 10.7 Å². The number of hydrazone groups is 1. The maximum absolute atomic E-state index is 12.0. The van der Waals surface area contributed by atoms with Crippen molar-refractivity contribution in [2.24, 2.45) is 5.10 Å². The normalized spacial score (nSPS) is 10.8. The zero-order chi connectivity index (χ0) is 20.5. The molecule has 0 aliphatic carbocycles. The van der Waals surface area contributed by atoms with Crippen LogP contribution < -0.4 is 15.5 Å². The van der Waals surface area contributed by atoms with Crippen molar-refractivity contribution < 1.29 is 14.3 Å². The lowest BCUT2D eigenvalue weighted by molar-refractivity contribution is -0.126. The van der Waals surface area contributed by atoms with Gasteiger partial charge in [0.2, 0.25) is 11.8 Å². The highest BCUT2D eigenvalue weighted by Gasteiger charge is 2.08. The zero-order valence-electron chi connectivity index (χ0n) is 16.2. The molecule has 29 heavy (non-hydrogen) atoms. The second-order valence-corrected chi connectivity index (χ2v) is 6.46. The van der Waals surface area contributed by atoms with E-state index in [1.54, 1.807) is 13.3 Å². The number of methoxy groups -OCH3 is 1. The first kappa shape index (κ1) is 20.1. The molecule has 3 rings (SSSR count). The molecule has 0 saturated carbocycles. The van der Waals surface area contributed by atoms with Gasteiger partial charge in [0, 0.05) is 24.9 Å². The smallest absolute Gasteiger partial charge is 0.240 e. The van der Waals surface area contributed by atoms with Crippen LogP contribution in [0.4, 0.5) is 0 Å². The molecule has 0 unspecified atom stereocenters. The Hall–Kier alpha value is -3.67. The molecule has 3 aromatic carbocycles. The molecule has 0 aliphatic rings. The van der Waals surface area contributed by atoms with Gasteiger partial charge in [0.15, 0.2) is 0 Å². The van der Waals surface area contributed by atoms with Crippen LogP contribution in [0.15, 0.2) is 71.8 Å². The first-order valence-corrected chi connectivity index (χ1v) is 9.35. The number of ether oxygens (including phenoxy) is 1. The van der Waals surface area contributed by atoms with Gasteiger partial charge in [-0.15, -0.1) is 0 Å². The summed E-state index contributed by atoms with van der Waals surface area (Å²) in [7, 11) is 1.59. The number of fused-ring (bicyclic) bond motifs is 1. The minimum atomic E-state index is -0.324. The van der Waals surface area contributed by atoms with Gasteiger partial charge in [-0.3, -0.25) is 9.59 Å². The molecule has 0 saturated heterocycles. The zero-order valence-corrected chi connectivity index (χ0v) is 16.2. The highest BCUT2D eigenvalue weighted by Crippen LogP contribution is 2.26. The summed E-state index contributed by atoms with van der Waals surface area (Å²) in [6, 6.07) is 21.3. The summed E-state index contributed by atoms with van der Waals surface area (Å²) in [6.07, 6.45) is 1.73. The minimum absolute atomic E-state index is 0.0602. The lowest BCUT2D eigenvalue weighted by Crippen LogP contribution is -2.25. The Morgan fingerprint density at radius 3 is 2.45 bits per heavy atom. The van der Waals surface area contributed by atoms with Crippen LogP contribution in [-0.4, -0.2) is 25.1 Å². The number of amides is 2. The van der Waals surface area contributed by atoms with Gasteiger partial charge in [-0.05, 0) is 22.4 Å². The van der Waals surface area contributed by atoms with E-state index in [0.29, 0.717) is 12.3 Å². The van der Waals surface area contributed by atoms with E-state index in [1.165, 1.54) is 0 Å². The number of hydrogen-bond acceptors (Lipinski definition) is 4. The fourth-order valence-corrected chi connectivity index (χ4v) is 2.92. The van der Waals surface area contributed by atoms with Gasteiger partial charge in [0.25, 0.3) is 0 Å². The number of rotatable bonds is 8. The first-order valence-electron chi connectivity index (χ1n) is 9.35. The summed E-state index contributed by atoms with van der Waals surface area (Å²) >= 11 is 0. The molecule has 0 fully saturated rings. The molecule has 6 heteroatoms. The molecule has 0 bridgehead atoms. The molecular formula is C23H23N3O3. The third-order valence-electron chi connectivity index (χ3n) is 4.45. The Morgan fingerprint density at radius 2 is 1.66 bits per heavy atom. The third kappa shape index (κ3) is 5.65. The van der Waals surface area contributed by atoms with E-state index in [0.717, 1.165) is 21.9 Å². The van der Waals surface area contributed by atoms with Gasteiger partial charge < -0.3 is 10.1 Å². The van der Waals surface area contributed by atoms with E-state index in [4.69, 9.17) is 4.74 Å². The van der Waals surface area contributed by atoms with Crippen LogP contribution in [0.3, 0.4) is 0 Å². The fourth-order valence-electron chi connectivity index (χ4n) is 2.92. The van der Waals surface area contributed by atoms with E-state index in [-0.39, 0.29) is 24.7 Å². The summed E-state index contributed by atoms with van der Waals surface area (Å²) in [5, 5.41) is 8.86. The van der Waals surface area contributed by atoms with E-state index in [9.17, 15) is 9.59 Å². The largest absolute Gasteiger partial charge is 0.496 e. The lowest BCUT2D eigenvalue weighted by atomic mass is 10.0. The summed E-state index contributed by atoms with van der Waals surface area (Å²) in [5.74, 6) is 0.168. The van der Waals surface area contributed by atoms with Gasteiger partial charge in [-0.1, -0.05) is 60.7 Å². The van der Waals surface area contributed by atoms with Crippen LogP contribution in [0.2, 0.25) is 0 Å². The van der Waals surface area contributed by atoms with Crippen LogP contribution in [0.1, 0.15) is 24.0 Å². The molecule has 0 aliphatic heterocycles. The third-order valence-corrected chi connectivity index (χ3v) is 4.45. The van der Waals surface area contributed by atoms with Crippen LogP contribution >= 0.6 is 0 Å². The lowest BCUT2D eigenvalue weighted by Gasteiger charge is -2.08. The Morgan fingerprint density at radius 1 is 0.931 bits per heavy atom. The number of hydrogen-bond donors (Lipinski definition) is 2. The predicted octanol–water partition coefficient (Wildman–Crippen LogP) is 3.40. The average Bonchev–Trinajstić information content (AvgIpc) is 2.77. The molecule has 0 radical (unpaired) electrons. The van der Waals surface area contributed by atoms with Gasteiger partial charge in [0.05, 0.1) is 13.3 Å². The van der Waals surface area contributed by atoms with E-state index < -0.39 is 0 Å². The molecule has 0 spiro atoms. The molecule has 6 nitrogen and oxygen atoms in total. The molecule has 148 valence electrons. The maximum Gasteiger partial charge on any atom is 0.240 e. The van der Waals surface area contributed by atoms with Crippen molar-refractivity contribution >= 4 is 28.8 Å². The van der Waals surface area contributed by atoms with Gasteiger partial charge in [0.1, 0.15) is 5.75 Å². The van der Waals surface area contributed by atoms with Crippen molar-refractivity contribution in [3.05, 3.63) is 77.9 Å². The molecule has 3 aromatic rings. The van der Waals surface area contributed by atoms with Crippen LogP contribution in [-0.2, 0) is 16.1 Å². The van der Waals surface area contributed by atoms with Crippen LogP contribution in [0.5, 0.6) is 5.75 Å². The molecule has 0 aromatic heterocycles. The Bertz CT molecular complexity index is 1020. The predicted molar refractivity (Wildman–Crippen MR) is 114 cm³/mol. The van der Waals surface area contributed by atoms with Crippen LogP contribution in [0.25, 0.3) is 10.8 Å². The highest BCUT2D eigenvalue weighted by molar-refractivity contribution is 6.02. The summed E-state index contributed by atoms with van der Waals surface area (Å²) < 4.78 is 5.40. The van der Waals surface area contributed by atoms with Crippen LogP contribution in [0, 0.1) is 0 Å². The number of carbonyl (C=O) groups is 2. The van der Waals surface area contributed by atoms with Crippen molar-refractivity contribution in [3.8, 4) is 5.75 Å². The van der Waals surface area contributed by atoms with E-state index >= 15 is 0 Å². The Labute approximate surface area is 169 Å². The number of nitrogens with one attached hydrogen (secondary N) is 2. The number of nitrogens with zero attached hydrogens (tertiary/aromatic N) is 1. The molecular weight excluding hydrogens is 366 g/mol. The van der Waals surface area contributed by atoms with Crippen molar-refractivity contribution in [2.45, 2.75) is 19.4 Å². The molecule has 2 N–H and O–H groups in total. The molecule has 2 amide bonds. The van der Waals surface area contributed by atoms with E-state index in [1.807, 2.05) is 66.7 Å². The molecule has 0 atom stereocenters.